The van der Waals surface area contributed by atoms with Gasteiger partial charge in [-0.25, -0.2) is 4.31 Å². The van der Waals surface area contributed by atoms with Crippen molar-refractivity contribution in [3.8, 4) is 0 Å². The fourth-order valence-corrected chi connectivity index (χ4v) is 7.84. The van der Waals surface area contributed by atoms with Crippen LogP contribution in [0.15, 0.2) is 154 Å². The molecule has 1 aliphatic heterocycles. The van der Waals surface area contributed by atoms with Gasteiger partial charge < -0.3 is 4.18 Å². The third-order valence-electron chi connectivity index (χ3n) is 7.08. The van der Waals surface area contributed by atoms with Gasteiger partial charge in [0.2, 0.25) is 0 Å². The predicted octanol–water partition coefficient (Wildman–Crippen LogP) is 7.87. The summed E-state index contributed by atoms with van der Waals surface area (Å²) in [4.78, 5) is 14.9. The Kier molecular flexibility index (Phi) is 7.45. The fourth-order valence-electron chi connectivity index (χ4n) is 4.91. The monoisotopic (exact) mass is 590 g/mol. The number of amides is 1. The van der Waals surface area contributed by atoms with Gasteiger partial charge in [-0.1, -0.05) is 72.8 Å². The lowest BCUT2D eigenvalue weighted by atomic mass is 10.1. The van der Waals surface area contributed by atoms with E-state index in [0.29, 0.717) is 4.31 Å². The Morgan fingerprint density at radius 3 is 1.29 bits per heavy atom. The molecule has 6 aromatic carbocycles. The number of likely N-dealkylation sites (N-methyl/N-ethyl adjacent to an activating group) is 1. The lowest BCUT2D eigenvalue weighted by Gasteiger charge is -2.19. The second kappa shape index (κ2) is 11.4. The minimum absolute atomic E-state index is 0.0908. The van der Waals surface area contributed by atoms with Gasteiger partial charge in [0.15, 0.2) is 14.7 Å². The number of benzene rings is 6. The molecule has 42 heavy (non-hydrogen) atoms. The van der Waals surface area contributed by atoms with Gasteiger partial charge >= 0.3 is 10.3 Å². The van der Waals surface area contributed by atoms with Gasteiger partial charge in [0, 0.05) is 31.3 Å². The van der Waals surface area contributed by atoms with Gasteiger partial charge in [-0.3, -0.25) is 4.79 Å². The van der Waals surface area contributed by atoms with Crippen LogP contribution in [0.3, 0.4) is 0 Å². The van der Waals surface area contributed by atoms with Gasteiger partial charge in [-0.2, -0.15) is 8.42 Å². The summed E-state index contributed by atoms with van der Waals surface area (Å²) in [6.07, 6.45) is 1.11. The van der Waals surface area contributed by atoms with Crippen molar-refractivity contribution in [1.29, 1.82) is 0 Å². The van der Waals surface area contributed by atoms with Crippen LogP contribution in [0.4, 0.5) is 0 Å². The number of hydrogen-bond donors (Lipinski definition) is 0. The zero-order valence-corrected chi connectivity index (χ0v) is 24.7. The number of carbonyl (C=O) groups excluding carboxylic acids is 1. The van der Waals surface area contributed by atoms with Crippen molar-refractivity contribution in [2.24, 2.45) is 0 Å². The summed E-state index contributed by atoms with van der Waals surface area (Å²) >= 11 is 0. The fraction of sp³-hybridized carbons (Fsp3) is 0.0571. The van der Waals surface area contributed by atoms with Gasteiger partial charge in [0.25, 0.3) is 5.91 Å². The van der Waals surface area contributed by atoms with E-state index in [0.717, 1.165) is 13.1 Å². The van der Waals surface area contributed by atoms with Gasteiger partial charge in [-0.15, -0.1) is 0 Å². The second-order valence-corrected chi connectivity index (χ2v) is 13.5. The molecule has 0 aromatic heterocycles. The highest BCUT2D eigenvalue weighted by Crippen LogP contribution is 2.35. The predicted molar refractivity (Wildman–Crippen MR) is 171 cm³/mol. The Labute approximate surface area is 248 Å². The Bertz CT molecular complexity index is 1920. The maximum Gasteiger partial charge on any atom is 0.411 e. The average Bonchev–Trinajstić information content (AvgIpc) is 3.00. The molecule has 0 bridgehead atoms. The van der Waals surface area contributed by atoms with Crippen molar-refractivity contribution in [2.75, 3.05) is 7.05 Å². The topological polar surface area (TPSA) is 63.7 Å². The number of fused-ring (bicyclic) bond motifs is 3. The highest BCUT2D eigenvalue weighted by atomic mass is 32.2. The van der Waals surface area contributed by atoms with Crippen LogP contribution in [-0.2, 0) is 30.2 Å². The first kappa shape index (κ1) is 27.6. The molecule has 208 valence electrons. The Morgan fingerprint density at radius 1 is 0.571 bits per heavy atom. The van der Waals surface area contributed by atoms with Crippen molar-refractivity contribution in [1.82, 2.24) is 4.31 Å². The van der Waals surface area contributed by atoms with E-state index in [1.807, 2.05) is 0 Å². The van der Waals surface area contributed by atoms with E-state index in [1.54, 1.807) is 0 Å². The lowest BCUT2D eigenvalue weighted by Crippen LogP contribution is -2.36. The quantitative estimate of drug-likeness (QED) is 0.197. The summed E-state index contributed by atoms with van der Waals surface area (Å²) in [6, 6.07) is 46.6. The number of hydrogen-bond acceptors (Lipinski definition) is 4. The van der Waals surface area contributed by atoms with Crippen molar-refractivity contribution >= 4 is 59.4 Å². The zero-order valence-electron chi connectivity index (χ0n) is 23.1. The van der Waals surface area contributed by atoms with E-state index in [9.17, 15) is 13.2 Å². The summed E-state index contributed by atoms with van der Waals surface area (Å²) in [7, 11) is -2.89. The van der Waals surface area contributed by atoms with Crippen molar-refractivity contribution in [3.63, 3.8) is 0 Å². The summed E-state index contributed by atoms with van der Waals surface area (Å²) in [6.45, 7) is 1.41. The van der Waals surface area contributed by atoms with Crippen LogP contribution < -0.4 is 0 Å². The Balaban J connectivity index is 0.000000244. The molecular formula is C35H28NO4S2+. The third-order valence-corrected chi connectivity index (χ3v) is 10.6. The summed E-state index contributed by atoms with van der Waals surface area (Å²) < 4.78 is 26.6. The minimum atomic E-state index is -3.84. The van der Waals surface area contributed by atoms with E-state index in [2.05, 4.69) is 132 Å². The number of rotatable bonds is 3. The first-order valence-corrected chi connectivity index (χ1v) is 16.0. The standard InChI is InChI=1S/C30H21S.C5H7NO4S/c1-4-10-25-19-28(16-13-22(25)7-1)31(29-17-14-23-8-2-5-11-26(23)20-29)30-18-15-24-9-3-6-12-27(24)21-30;1-4-3-5(7)6(2)11(8,9)10-4/h1-21H;3H,1-2H3/q+1;. The molecule has 1 heterocycles. The molecule has 0 saturated heterocycles. The summed E-state index contributed by atoms with van der Waals surface area (Å²) in [5.41, 5.74) is 0. The molecule has 0 spiro atoms. The first-order valence-electron chi connectivity index (χ1n) is 13.4. The maximum absolute atomic E-state index is 10.8. The van der Waals surface area contributed by atoms with Crippen LogP contribution in [0.2, 0.25) is 0 Å². The van der Waals surface area contributed by atoms with E-state index in [1.165, 1.54) is 53.9 Å². The summed E-state index contributed by atoms with van der Waals surface area (Å²) in [5.74, 6) is -0.498. The number of nitrogens with zero attached hydrogens (tertiary/aromatic N) is 1. The van der Waals surface area contributed by atoms with Crippen LogP contribution in [0.25, 0.3) is 32.3 Å². The Hall–Kier alpha value is -4.59. The maximum atomic E-state index is 10.8. The minimum Gasteiger partial charge on any atom is -0.371 e. The molecule has 6 aromatic rings. The molecule has 0 unspecified atom stereocenters. The van der Waals surface area contributed by atoms with Crippen LogP contribution in [0.1, 0.15) is 6.92 Å². The number of carbonyl (C=O) groups is 1. The largest absolute Gasteiger partial charge is 0.411 e. The molecule has 1 amide bonds. The van der Waals surface area contributed by atoms with Crippen LogP contribution in [0.5, 0.6) is 0 Å². The average molecular weight is 591 g/mol. The van der Waals surface area contributed by atoms with E-state index in [-0.39, 0.29) is 16.7 Å². The lowest BCUT2D eigenvalue weighted by molar-refractivity contribution is -0.121. The van der Waals surface area contributed by atoms with Gasteiger partial charge in [-0.05, 0) is 75.6 Å². The van der Waals surface area contributed by atoms with Gasteiger partial charge in [0.05, 0.1) is 10.9 Å². The van der Waals surface area contributed by atoms with Crippen LogP contribution >= 0.6 is 0 Å². The van der Waals surface area contributed by atoms with Crippen molar-refractivity contribution < 1.29 is 17.4 Å². The summed E-state index contributed by atoms with van der Waals surface area (Å²) in [5, 5.41) is 7.72. The number of allylic oxidation sites excluding steroid dienone is 1. The SMILES string of the molecule is CC1=CC(=O)N(C)S(=O)(=O)O1.c1ccc2cc([S+](c3ccc4ccccc4c3)c3ccc4ccccc4c3)ccc2c1. The Morgan fingerprint density at radius 2 is 0.929 bits per heavy atom. The van der Waals surface area contributed by atoms with E-state index >= 15 is 0 Å². The molecule has 0 N–H and O–H groups in total. The molecule has 1 aliphatic rings. The molecule has 0 saturated carbocycles. The highest BCUT2D eigenvalue weighted by molar-refractivity contribution is 7.97. The van der Waals surface area contributed by atoms with E-state index < -0.39 is 16.2 Å². The molecule has 7 heteroatoms. The molecule has 0 aliphatic carbocycles. The smallest absolute Gasteiger partial charge is 0.371 e. The first-order chi connectivity index (χ1) is 20.3. The van der Waals surface area contributed by atoms with Gasteiger partial charge in [0.1, 0.15) is 5.76 Å². The normalized spacial score (nSPS) is 14.4. The zero-order chi connectivity index (χ0) is 29.3. The molecule has 7 rings (SSSR count). The second-order valence-electron chi connectivity index (χ2n) is 9.93. The van der Waals surface area contributed by atoms with Crippen molar-refractivity contribution in [3.05, 3.63) is 139 Å². The molecule has 0 radical (unpaired) electrons. The molecule has 0 atom stereocenters. The van der Waals surface area contributed by atoms with Crippen molar-refractivity contribution in [2.45, 2.75) is 21.6 Å². The molecule has 0 fully saturated rings. The van der Waals surface area contributed by atoms with Crippen LogP contribution in [0, 0.1) is 0 Å². The molecule has 5 nitrogen and oxygen atoms in total. The van der Waals surface area contributed by atoms with E-state index in [4.69, 9.17) is 0 Å². The molecular weight excluding hydrogens is 563 g/mol. The van der Waals surface area contributed by atoms with Crippen LogP contribution in [-0.4, -0.2) is 25.7 Å². The highest BCUT2D eigenvalue weighted by Gasteiger charge is 2.30. The third kappa shape index (κ3) is 5.62.